The molecule has 24 heavy (non-hydrogen) atoms. The summed E-state index contributed by atoms with van der Waals surface area (Å²) in [4.78, 5) is 0. The predicted octanol–water partition coefficient (Wildman–Crippen LogP) is 3.70. The normalized spacial score (nSPS) is 18.5. The minimum absolute atomic E-state index is 0.198. The van der Waals surface area contributed by atoms with Gasteiger partial charge in [0.05, 0.1) is 0 Å². The van der Waals surface area contributed by atoms with Gasteiger partial charge < -0.3 is 5.32 Å². The Balaban J connectivity index is 1.37. The third-order valence-electron chi connectivity index (χ3n) is 4.52. The highest BCUT2D eigenvalue weighted by molar-refractivity contribution is 5.42. The van der Waals surface area contributed by atoms with E-state index in [2.05, 4.69) is 46.1 Å². The predicted molar refractivity (Wildman–Crippen MR) is 97.3 cm³/mol. The molecule has 128 valence electrons. The number of anilines is 1. The number of rotatable bonds is 7. The summed E-state index contributed by atoms with van der Waals surface area (Å²) in [5, 5.41) is 5.66. The van der Waals surface area contributed by atoms with Crippen molar-refractivity contribution in [2.24, 2.45) is 5.92 Å². The van der Waals surface area contributed by atoms with E-state index in [0.29, 0.717) is 0 Å². The smallest absolute Gasteiger partial charge is 0.123 e. The first-order valence-electron chi connectivity index (χ1n) is 8.81. The monoisotopic (exact) mass is 327 g/mol. The highest BCUT2D eigenvalue weighted by Gasteiger charge is 2.19. The Morgan fingerprint density at radius 3 is 2.58 bits per heavy atom. The zero-order valence-corrected chi connectivity index (χ0v) is 14.0. The molecule has 2 N–H and O–H groups in total. The number of halogens is 1. The summed E-state index contributed by atoms with van der Waals surface area (Å²) in [5.41, 5.74) is 5.91. The van der Waals surface area contributed by atoms with Crippen molar-refractivity contribution in [1.29, 1.82) is 0 Å². The molecule has 0 amide bonds. The van der Waals surface area contributed by atoms with E-state index >= 15 is 0 Å². The molecule has 1 aliphatic heterocycles. The number of hydrogen-bond acceptors (Lipinski definition) is 3. The topological polar surface area (TPSA) is 27.3 Å². The van der Waals surface area contributed by atoms with Gasteiger partial charge in [0.2, 0.25) is 0 Å². The number of nitrogens with zero attached hydrogens (tertiary/aromatic N) is 1. The largest absolute Gasteiger partial charge is 0.384 e. The second-order valence-corrected chi connectivity index (χ2v) is 6.49. The van der Waals surface area contributed by atoms with Gasteiger partial charge in [0.1, 0.15) is 5.82 Å². The van der Waals surface area contributed by atoms with Crippen LogP contribution in [0.2, 0.25) is 0 Å². The molecule has 1 saturated heterocycles. The SMILES string of the molecule is Fc1ccc(NCCNN2CCCC(Cc3ccccc3)C2)cc1. The highest BCUT2D eigenvalue weighted by Crippen LogP contribution is 2.19. The van der Waals surface area contributed by atoms with E-state index in [1.54, 1.807) is 12.1 Å². The fourth-order valence-electron chi connectivity index (χ4n) is 3.31. The van der Waals surface area contributed by atoms with Crippen LogP contribution in [0.1, 0.15) is 18.4 Å². The van der Waals surface area contributed by atoms with E-state index < -0.39 is 0 Å². The van der Waals surface area contributed by atoms with E-state index in [9.17, 15) is 4.39 Å². The minimum Gasteiger partial charge on any atom is -0.384 e. The fraction of sp³-hybridized carbons (Fsp3) is 0.400. The maximum absolute atomic E-state index is 12.9. The second kappa shape index (κ2) is 8.81. The Hall–Kier alpha value is -1.91. The van der Waals surface area contributed by atoms with Gasteiger partial charge in [-0.1, -0.05) is 30.3 Å². The van der Waals surface area contributed by atoms with Crippen LogP contribution in [0.25, 0.3) is 0 Å². The first-order valence-corrected chi connectivity index (χ1v) is 8.81. The maximum atomic E-state index is 12.9. The van der Waals surface area contributed by atoms with Crippen molar-refractivity contribution in [3.8, 4) is 0 Å². The van der Waals surface area contributed by atoms with Crippen molar-refractivity contribution in [2.75, 3.05) is 31.5 Å². The van der Waals surface area contributed by atoms with Crippen molar-refractivity contribution in [3.63, 3.8) is 0 Å². The summed E-state index contributed by atoms with van der Waals surface area (Å²) in [5.74, 6) is 0.523. The van der Waals surface area contributed by atoms with Crippen LogP contribution in [0.4, 0.5) is 10.1 Å². The van der Waals surface area contributed by atoms with Crippen molar-refractivity contribution in [3.05, 3.63) is 66.0 Å². The maximum Gasteiger partial charge on any atom is 0.123 e. The fourth-order valence-corrected chi connectivity index (χ4v) is 3.31. The van der Waals surface area contributed by atoms with Crippen LogP contribution in [-0.2, 0) is 6.42 Å². The Labute approximate surface area is 143 Å². The van der Waals surface area contributed by atoms with Crippen LogP contribution >= 0.6 is 0 Å². The molecule has 3 rings (SSSR count). The first-order chi connectivity index (χ1) is 11.8. The molecule has 1 fully saturated rings. The molecule has 2 aromatic carbocycles. The summed E-state index contributed by atoms with van der Waals surface area (Å²) < 4.78 is 12.9. The van der Waals surface area contributed by atoms with Gasteiger partial charge >= 0.3 is 0 Å². The molecular formula is C20H26FN3. The molecule has 0 bridgehead atoms. The zero-order valence-electron chi connectivity index (χ0n) is 14.0. The molecular weight excluding hydrogens is 301 g/mol. The van der Waals surface area contributed by atoms with Gasteiger partial charge in [-0.25, -0.2) is 9.40 Å². The summed E-state index contributed by atoms with van der Waals surface area (Å²) in [6, 6.07) is 17.3. The van der Waals surface area contributed by atoms with Crippen LogP contribution in [0.5, 0.6) is 0 Å². The second-order valence-electron chi connectivity index (χ2n) is 6.49. The Morgan fingerprint density at radius 1 is 1.00 bits per heavy atom. The molecule has 0 spiro atoms. The molecule has 3 nitrogen and oxygen atoms in total. The van der Waals surface area contributed by atoms with E-state index in [0.717, 1.165) is 44.2 Å². The Morgan fingerprint density at radius 2 is 1.79 bits per heavy atom. The lowest BCUT2D eigenvalue weighted by atomic mass is 9.92. The quantitative estimate of drug-likeness (QED) is 0.760. The van der Waals surface area contributed by atoms with E-state index in [1.165, 1.54) is 30.5 Å². The molecule has 1 heterocycles. The van der Waals surface area contributed by atoms with E-state index in [1.807, 2.05) is 0 Å². The van der Waals surface area contributed by atoms with Gasteiger partial charge in [0.25, 0.3) is 0 Å². The third kappa shape index (κ3) is 5.32. The summed E-state index contributed by atoms with van der Waals surface area (Å²) >= 11 is 0. The average Bonchev–Trinajstić information content (AvgIpc) is 2.61. The lowest BCUT2D eigenvalue weighted by molar-refractivity contribution is 0.117. The zero-order chi connectivity index (χ0) is 16.6. The van der Waals surface area contributed by atoms with E-state index in [4.69, 9.17) is 0 Å². The summed E-state index contributed by atoms with van der Waals surface area (Å²) in [7, 11) is 0. The van der Waals surface area contributed by atoms with Gasteiger partial charge in [0.15, 0.2) is 0 Å². The Bertz CT molecular complexity index is 600. The summed E-state index contributed by atoms with van der Waals surface area (Å²) in [6.45, 7) is 3.91. The lowest BCUT2D eigenvalue weighted by Gasteiger charge is -2.33. The van der Waals surface area contributed by atoms with Gasteiger partial charge in [-0.3, -0.25) is 5.43 Å². The average molecular weight is 327 g/mol. The molecule has 1 aliphatic rings. The number of nitrogens with one attached hydrogen (secondary N) is 2. The van der Waals surface area contributed by atoms with Crippen LogP contribution in [-0.4, -0.2) is 31.2 Å². The number of hydrazine groups is 1. The van der Waals surface area contributed by atoms with Gasteiger partial charge in [0, 0.05) is 31.9 Å². The first kappa shape index (κ1) is 16.9. The highest BCUT2D eigenvalue weighted by atomic mass is 19.1. The molecule has 1 unspecified atom stereocenters. The van der Waals surface area contributed by atoms with Crippen LogP contribution in [0, 0.1) is 11.7 Å². The molecule has 1 atom stereocenters. The van der Waals surface area contributed by atoms with Crippen LogP contribution in [0.3, 0.4) is 0 Å². The molecule has 0 aliphatic carbocycles. The lowest BCUT2D eigenvalue weighted by Crippen LogP contribution is -2.46. The van der Waals surface area contributed by atoms with Crippen molar-refractivity contribution < 1.29 is 4.39 Å². The van der Waals surface area contributed by atoms with Crippen molar-refractivity contribution in [2.45, 2.75) is 19.3 Å². The van der Waals surface area contributed by atoms with Gasteiger partial charge in [-0.15, -0.1) is 0 Å². The molecule has 2 aromatic rings. The van der Waals surface area contributed by atoms with Crippen LogP contribution < -0.4 is 10.7 Å². The minimum atomic E-state index is -0.198. The van der Waals surface area contributed by atoms with E-state index in [-0.39, 0.29) is 5.82 Å². The molecule has 4 heteroatoms. The molecule has 0 aromatic heterocycles. The number of piperidine rings is 1. The van der Waals surface area contributed by atoms with Crippen LogP contribution in [0.15, 0.2) is 54.6 Å². The Kier molecular flexibility index (Phi) is 6.21. The molecule has 0 radical (unpaired) electrons. The standard InChI is InChI=1S/C20H26FN3/c21-19-8-10-20(11-9-19)22-12-13-23-24-14-4-7-18(16-24)15-17-5-2-1-3-6-17/h1-3,5-6,8-11,18,22-23H,4,7,12-16H2. The van der Waals surface area contributed by atoms with Crippen molar-refractivity contribution in [1.82, 2.24) is 10.4 Å². The molecule has 0 saturated carbocycles. The van der Waals surface area contributed by atoms with Gasteiger partial charge in [-0.2, -0.15) is 0 Å². The van der Waals surface area contributed by atoms with Crippen molar-refractivity contribution >= 4 is 5.69 Å². The number of benzene rings is 2. The van der Waals surface area contributed by atoms with Gasteiger partial charge in [-0.05, 0) is 55.0 Å². The number of hydrogen-bond donors (Lipinski definition) is 2. The third-order valence-corrected chi connectivity index (χ3v) is 4.52. The summed E-state index contributed by atoms with van der Waals surface area (Å²) in [6.07, 6.45) is 3.71.